The van der Waals surface area contributed by atoms with E-state index < -0.39 is 0 Å². The Hall–Kier alpha value is -3.58. The zero-order chi connectivity index (χ0) is 22.1. The fourth-order valence-corrected chi connectivity index (χ4v) is 4.35. The summed E-state index contributed by atoms with van der Waals surface area (Å²) in [6, 6.07) is 17.3. The number of H-pyrrole nitrogens is 1. The quantitative estimate of drug-likeness (QED) is 0.506. The molecule has 2 heterocycles. The van der Waals surface area contributed by atoms with Crippen molar-refractivity contribution in [3.05, 3.63) is 83.9 Å². The van der Waals surface area contributed by atoms with Gasteiger partial charge in [-0.1, -0.05) is 12.1 Å². The second kappa shape index (κ2) is 8.51. The highest BCUT2D eigenvalue weighted by atomic mass is 19.1. The molecule has 2 aromatic carbocycles. The standard InChI is InChI=1S/C25H23FN4O2/c26-18-7-5-16(6-8-18)22-15-17(13-14-27-22)24(32)29-25-28-21-3-1-2-4-23(21)30(25)19-9-11-20(31)12-10-19/h1-8,13-15,19-20,31H,9-12H2,(H,28,29,32)/t19-,20+. The number of halogens is 1. The van der Waals surface area contributed by atoms with E-state index in [1.165, 1.54) is 12.1 Å². The predicted molar refractivity (Wildman–Crippen MR) is 119 cm³/mol. The lowest BCUT2D eigenvalue weighted by molar-refractivity contribution is 0.0990. The minimum atomic E-state index is -0.382. The third kappa shape index (κ3) is 3.99. The number of rotatable bonds is 3. The maximum Gasteiger partial charge on any atom is 0.280 e. The van der Waals surface area contributed by atoms with Crippen LogP contribution in [0, 0.1) is 5.82 Å². The van der Waals surface area contributed by atoms with Gasteiger partial charge in [0.2, 0.25) is 5.62 Å². The van der Waals surface area contributed by atoms with Gasteiger partial charge >= 0.3 is 0 Å². The van der Waals surface area contributed by atoms with Crippen molar-refractivity contribution in [2.45, 2.75) is 37.8 Å². The molecule has 0 bridgehead atoms. The molecule has 162 valence electrons. The molecule has 32 heavy (non-hydrogen) atoms. The Morgan fingerprint density at radius 3 is 2.59 bits per heavy atom. The average Bonchev–Trinajstić information content (AvgIpc) is 3.18. The molecule has 0 saturated heterocycles. The number of aliphatic hydroxyl groups is 1. The maximum absolute atomic E-state index is 13.2. The highest BCUT2D eigenvalue weighted by molar-refractivity contribution is 5.95. The van der Waals surface area contributed by atoms with Gasteiger partial charge in [-0.05, 0) is 74.2 Å². The van der Waals surface area contributed by atoms with Gasteiger partial charge in [-0.15, -0.1) is 0 Å². The van der Waals surface area contributed by atoms with Gasteiger partial charge in [0.1, 0.15) is 5.82 Å². The number of aliphatic hydroxyl groups excluding tert-OH is 1. The van der Waals surface area contributed by atoms with E-state index in [4.69, 9.17) is 0 Å². The molecule has 4 aromatic rings. The topological polar surface area (TPSA) is 83.3 Å². The number of imidazole rings is 1. The number of nitrogens with one attached hydrogen (secondary N) is 1. The summed E-state index contributed by atoms with van der Waals surface area (Å²) >= 11 is 0. The van der Waals surface area contributed by atoms with Crippen LogP contribution in [0.1, 0.15) is 42.1 Å². The van der Waals surface area contributed by atoms with Crippen LogP contribution >= 0.6 is 0 Å². The molecule has 2 N–H and O–H groups in total. The van der Waals surface area contributed by atoms with E-state index in [0.717, 1.165) is 42.3 Å². The first kappa shape index (κ1) is 20.3. The van der Waals surface area contributed by atoms with Gasteiger partial charge < -0.3 is 14.7 Å². The lowest BCUT2D eigenvalue weighted by Crippen LogP contribution is -2.29. The van der Waals surface area contributed by atoms with Crippen molar-refractivity contribution in [1.29, 1.82) is 0 Å². The minimum Gasteiger partial charge on any atom is -0.393 e. The smallest absolute Gasteiger partial charge is 0.280 e. The first-order valence-electron chi connectivity index (χ1n) is 10.8. The van der Waals surface area contributed by atoms with Crippen LogP contribution in [0.25, 0.3) is 22.3 Å². The molecule has 6 nitrogen and oxygen atoms in total. The van der Waals surface area contributed by atoms with Gasteiger partial charge in [0.15, 0.2) is 0 Å². The molecule has 0 radical (unpaired) electrons. The fraction of sp³-hybridized carbons (Fsp3) is 0.240. The van der Waals surface area contributed by atoms with E-state index in [-0.39, 0.29) is 23.9 Å². The van der Waals surface area contributed by atoms with E-state index in [2.05, 4.69) is 19.5 Å². The van der Waals surface area contributed by atoms with Gasteiger partial charge in [-0.25, -0.2) is 4.39 Å². The summed E-state index contributed by atoms with van der Waals surface area (Å²) < 4.78 is 15.3. The van der Waals surface area contributed by atoms with Crippen LogP contribution in [0.15, 0.2) is 71.9 Å². The summed E-state index contributed by atoms with van der Waals surface area (Å²) in [6.45, 7) is 0. The Morgan fingerprint density at radius 2 is 1.81 bits per heavy atom. The van der Waals surface area contributed by atoms with Crippen molar-refractivity contribution >= 4 is 16.9 Å². The Bertz CT molecular complexity index is 1330. The SMILES string of the molecule is O=C(/N=c1\[nH]c2ccccc2n1[C@H]1CC[C@@H](O)CC1)c1ccnc(-c2ccc(F)cc2)c1. The summed E-state index contributed by atoms with van der Waals surface area (Å²) in [5.74, 6) is -0.707. The average molecular weight is 430 g/mol. The van der Waals surface area contributed by atoms with Crippen LogP contribution in [0.3, 0.4) is 0 Å². The van der Waals surface area contributed by atoms with Crippen molar-refractivity contribution in [3.8, 4) is 11.3 Å². The summed E-state index contributed by atoms with van der Waals surface area (Å²) in [7, 11) is 0. The number of hydrogen-bond donors (Lipinski definition) is 2. The summed E-state index contributed by atoms with van der Waals surface area (Å²) in [5, 5.41) is 9.91. The molecule has 0 aliphatic heterocycles. The fourth-order valence-electron chi connectivity index (χ4n) is 4.35. The van der Waals surface area contributed by atoms with E-state index in [1.54, 1.807) is 30.5 Å². The normalized spacial score (nSPS) is 19.4. The molecule has 1 saturated carbocycles. The van der Waals surface area contributed by atoms with Crippen molar-refractivity contribution in [1.82, 2.24) is 14.5 Å². The van der Waals surface area contributed by atoms with Gasteiger partial charge in [-0.2, -0.15) is 4.99 Å². The molecule has 7 heteroatoms. The van der Waals surface area contributed by atoms with Crippen LogP contribution in [0.5, 0.6) is 0 Å². The number of fused-ring (bicyclic) bond motifs is 1. The van der Waals surface area contributed by atoms with Crippen LogP contribution in [-0.4, -0.2) is 31.7 Å². The number of aromatic nitrogens is 3. The summed E-state index contributed by atoms with van der Waals surface area (Å²) in [6.07, 6.45) is 4.42. The lowest BCUT2D eigenvalue weighted by Gasteiger charge is -2.27. The number of benzene rings is 2. The minimum absolute atomic E-state index is 0.160. The second-order valence-electron chi connectivity index (χ2n) is 8.15. The Kier molecular flexibility index (Phi) is 5.41. The number of carbonyl (C=O) groups excluding carboxylic acids is 1. The van der Waals surface area contributed by atoms with Crippen molar-refractivity contribution in [2.24, 2.45) is 4.99 Å². The van der Waals surface area contributed by atoms with Crippen LogP contribution < -0.4 is 5.62 Å². The Balaban J connectivity index is 1.54. The lowest BCUT2D eigenvalue weighted by atomic mass is 9.93. The molecule has 0 spiro atoms. The van der Waals surface area contributed by atoms with E-state index >= 15 is 0 Å². The summed E-state index contributed by atoms with van der Waals surface area (Å²) in [4.78, 5) is 25.1. The molecule has 1 amide bonds. The zero-order valence-corrected chi connectivity index (χ0v) is 17.4. The number of hydrogen-bond acceptors (Lipinski definition) is 3. The largest absolute Gasteiger partial charge is 0.393 e. The Labute approximate surface area is 184 Å². The predicted octanol–water partition coefficient (Wildman–Crippen LogP) is 4.39. The van der Waals surface area contributed by atoms with Crippen LogP contribution in [0.2, 0.25) is 0 Å². The van der Waals surface area contributed by atoms with Crippen LogP contribution in [-0.2, 0) is 0 Å². The maximum atomic E-state index is 13.2. The molecule has 2 aromatic heterocycles. The summed E-state index contributed by atoms with van der Waals surface area (Å²) in [5.41, 5.74) is 4.11. The zero-order valence-electron chi connectivity index (χ0n) is 17.4. The first-order valence-corrected chi connectivity index (χ1v) is 10.8. The molecule has 1 fully saturated rings. The van der Waals surface area contributed by atoms with Crippen molar-refractivity contribution in [2.75, 3.05) is 0 Å². The van der Waals surface area contributed by atoms with Gasteiger partial charge in [-0.3, -0.25) is 9.78 Å². The highest BCUT2D eigenvalue weighted by Crippen LogP contribution is 2.29. The molecule has 1 aliphatic carbocycles. The third-order valence-corrected chi connectivity index (χ3v) is 6.02. The van der Waals surface area contributed by atoms with Crippen molar-refractivity contribution < 1.29 is 14.3 Å². The molecule has 0 unspecified atom stereocenters. The van der Waals surface area contributed by atoms with E-state index in [9.17, 15) is 14.3 Å². The molecule has 0 atom stereocenters. The van der Waals surface area contributed by atoms with Crippen LogP contribution in [0.4, 0.5) is 4.39 Å². The number of amides is 1. The number of pyridine rings is 1. The molecular formula is C25H23FN4O2. The van der Waals surface area contributed by atoms with E-state index in [1.807, 2.05) is 24.3 Å². The van der Waals surface area contributed by atoms with E-state index in [0.29, 0.717) is 16.9 Å². The number of para-hydroxylation sites is 2. The number of aromatic amines is 1. The third-order valence-electron chi connectivity index (χ3n) is 6.02. The molecule has 5 rings (SSSR count). The second-order valence-corrected chi connectivity index (χ2v) is 8.15. The molecular weight excluding hydrogens is 407 g/mol. The first-order chi connectivity index (χ1) is 15.6. The monoisotopic (exact) mass is 430 g/mol. The molecule has 1 aliphatic rings. The van der Waals surface area contributed by atoms with Gasteiger partial charge in [0.25, 0.3) is 5.91 Å². The number of carbonyl (C=O) groups is 1. The van der Waals surface area contributed by atoms with Gasteiger partial charge in [0.05, 0.1) is 22.8 Å². The van der Waals surface area contributed by atoms with Crippen molar-refractivity contribution in [3.63, 3.8) is 0 Å². The Morgan fingerprint density at radius 1 is 1.06 bits per heavy atom. The van der Waals surface area contributed by atoms with Gasteiger partial charge in [0, 0.05) is 23.4 Å². The number of nitrogens with zero attached hydrogens (tertiary/aromatic N) is 3. The highest BCUT2D eigenvalue weighted by Gasteiger charge is 2.23.